The van der Waals surface area contributed by atoms with E-state index in [4.69, 9.17) is 9.79 Å². The molecule has 0 aromatic carbocycles. The van der Waals surface area contributed by atoms with Crippen molar-refractivity contribution in [2.75, 3.05) is 6.61 Å². The predicted octanol–water partition coefficient (Wildman–Crippen LogP) is 3.97. The van der Waals surface area contributed by atoms with E-state index < -0.39 is 7.82 Å². The number of hydrogen-bond donors (Lipinski definition) is 2. The van der Waals surface area contributed by atoms with Crippen molar-refractivity contribution in [1.82, 2.24) is 0 Å². The molecule has 0 atom stereocenters. The average molecular weight is 280 g/mol. The standard InChI is InChI=1S/C13H29O4P/c1-5-11(6-2)13(12(7-3)8-4)9-10-17-18(14,15)16/h11-13H,5-10H2,1-4H3,(H2,14,15,16). The molecule has 2 N–H and O–H groups in total. The van der Waals surface area contributed by atoms with Gasteiger partial charge in [-0.15, -0.1) is 0 Å². The van der Waals surface area contributed by atoms with E-state index in [1.807, 2.05) is 0 Å². The Bertz CT molecular complexity index is 231. The van der Waals surface area contributed by atoms with E-state index in [2.05, 4.69) is 32.2 Å². The molecule has 0 amide bonds. The van der Waals surface area contributed by atoms with Crippen molar-refractivity contribution < 1.29 is 18.9 Å². The van der Waals surface area contributed by atoms with Gasteiger partial charge in [0.15, 0.2) is 0 Å². The SMILES string of the molecule is CCC(CC)C(CCOP(=O)(O)O)C(CC)CC. The van der Waals surface area contributed by atoms with E-state index >= 15 is 0 Å². The number of hydrogen-bond acceptors (Lipinski definition) is 2. The minimum Gasteiger partial charge on any atom is -0.303 e. The highest BCUT2D eigenvalue weighted by molar-refractivity contribution is 7.46. The Morgan fingerprint density at radius 3 is 1.61 bits per heavy atom. The molecule has 0 aliphatic carbocycles. The van der Waals surface area contributed by atoms with Crippen LogP contribution >= 0.6 is 7.82 Å². The zero-order chi connectivity index (χ0) is 14.2. The van der Waals surface area contributed by atoms with Crippen molar-refractivity contribution in [3.05, 3.63) is 0 Å². The van der Waals surface area contributed by atoms with Crippen LogP contribution in [0.5, 0.6) is 0 Å². The fraction of sp³-hybridized carbons (Fsp3) is 1.00. The maximum Gasteiger partial charge on any atom is 0.469 e. The molecule has 4 nitrogen and oxygen atoms in total. The van der Waals surface area contributed by atoms with E-state index in [0.29, 0.717) is 17.8 Å². The van der Waals surface area contributed by atoms with Crippen molar-refractivity contribution in [2.24, 2.45) is 17.8 Å². The molecule has 0 fully saturated rings. The first-order valence-corrected chi connectivity index (χ1v) is 8.62. The summed E-state index contributed by atoms with van der Waals surface area (Å²) in [6.07, 6.45) is 5.21. The second kappa shape index (κ2) is 9.08. The second-order valence-corrected chi connectivity index (χ2v) is 6.17. The Labute approximate surface area is 111 Å². The number of phosphoric ester groups is 1. The van der Waals surface area contributed by atoms with Crippen LogP contribution in [0.3, 0.4) is 0 Å². The fourth-order valence-electron chi connectivity index (χ4n) is 2.95. The first-order valence-electron chi connectivity index (χ1n) is 7.09. The molecule has 110 valence electrons. The van der Waals surface area contributed by atoms with Gasteiger partial charge in [-0.25, -0.2) is 4.57 Å². The van der Waals surface area contributed by atoms with Crippen LogP contribution in [-0.4, -0.2) is 16.4 Å². The van der Waals surface area contributed by atoms with E-state index in [0.717, 1.165) is 32.1 Å². The minimum absolute atomic E-state index is 0.155. The van der Waals surface area contributed by atoms with E-state index in [-0.39, 0.29) is 6.61 Å². The molecular formula is C13H29O4P. The van der Waals surface area contributed by atoms with Crippen molar-refractivity contribution in [2.45, 2.75) is 59.8 Å². The van der Waals surface area contributed by atoms with Crippen LogP contribution < -0.4 is 0 Å². The molecule has 5 heteroatoms. The van der Waals surface area contributed by atoms with Gasteiger partial charge in [-0.1, -0.05) is 53.4 Å². The van der Waals surface area contributed by atoms with Gasteiger partial charge < -0.3 is 9.79 Å². The van der Waals surface area contributed by atoms with E-state index in [9.17, 15) is 4.57 Å². The topological polar surface area (TPSA) is 66.8 Å². The van der Waals surface area contributed by atoms with Gasteiger partial charge in [0.05, 0.1) is 6.61 Å². The van der Waals surface area contributed by atoms with E-state index in [1.165, 1.54) is 0 Å². The predicted molar refractivity (Wildman–Crippen MR) is 74.2 cm³/mol. The number of phosphoric acid groups is 1. The summed E-state index contributed by atoms with van der Waals surface area (Å²) in [6.45, 7) is 8.91. The molecule has 0 heterocycles. The van der Waals surface area contributed by atoms with Crippen molar-refractivity contribution >= 4 is 7.82 Å². The lowest BCUT2D eigenvalue weighted by molar-refractivity contribution is 0.135. The number of rotatable bonds is 10. The summed E-state index contributed by atoms with van der Waals surface area (Å²) in [6, 6.07) is 0. The highest BCUT2D eigenvalue weighted by Gasteiger charge is 2.26. The molecule has 18 heavy (non-hydrogen) atoms. The maximum absolute atomic E-state index is 10.7. The quantitative estimate of drug-likeness (QED) is 0.594. The third-order valence-electron chi connectivity index (χ3n) is 4.02. The summed E-state index contributed by atoms with van der Waals surface area (Å²) in [5, 5.41) is 0. The fourth-order valence-corrected chi connectivity index (χ4v) is 3.30. The lowest BCUT2D eigenvalue weighted by atomic mass is 9.75. The van der Waals surface area contributed by atoms with Crippen LogP contribution in [0.25, 0.3) is 0 Å². The van der Waals surface area contributed by atoms with Gasteiger partial charge in [0, 0.05) is 0 Å². The summed E-state index contributed by atoms with van der Waals surface area (Å²) in [5.74, 6) is 1.74. The second-order valence-electron chi connectivity index (χ2n) is 4.93. The lowest BCUT2D eigenvalue weighted by Crippen LogP contribution is -2.24. The summed E-state index contributed by atoms with van der Waals surface area (Å²) < 4.78 is 15.3. The molecule has 0 saturated carbocycles. The van der Waals surface area contributed by atoms with Crippen LogP contribution in [0.4, 0.5) is 0 Å². The lowest BCUT2D eigenvalue weighted by Gasteiger charge is -2.32. The Morgan fingerprint density at radius 1 is 0.944 bits per heavy atom. The third-order valence-corrected chi connectivity index (χ3v) is 4.54. The molecule has 0 radical (unpaired) electrons. The highest BCUT2D eigenvalue weighted by atomic mass is 31.2. The van der Waals surface area contributed by atoms with Crippen LogP contribution in [0.2, 0.25) is 0 Å². The molecular weight excluding hydrogens is 251 g/mol. The Morgan fingerprint density at radius 2 is 1.33 bits per heavy atom. The van der Waals surface area contributed by atoms with Crippen molar-refractivity contribution in [1.29, 1.82) is 0 Å². The normalized spacial score (nSPS) is 12.9. The van der Waals surface area contributed by atoms with Crippen LogP contribution in [-0.2, 0) is 9.09 Å². The molecule has 0 aliphatic rings. The minimum atomic E-state index is -4.32. The molecule has 0 saturated heterocycles. The summed E-state index contributed by atoms with van der Waals surface area (Å²) >= 11 is 0. The molecule has 0 spiro atoms. The van der Waals surface area contributed by atoms with Crippen LogP contribution in [0.15, 0.2) is 0 Å². The van der Waals surface area contributed by atoms with Crippen LogP contribution in [0, 0.1) is 17.8 Å². The average Bonchev–Trinajstić information content (AvgIpc) is 2.30. The first kappa shape index (κ1) is 18.1. The molecule has 0 aromatic rings. The Kier molecular flexibility index (Phi) is 9.14. The first-order chi connectivity index (χ1) is 8.39. The monoisotopic (exact) mass is 280 g/mol. The Balaban J connectivity index is 4.51. The molecule has 0 unspecified atom stereocenters. The van der Waals surface area contributed by atoms with Gasteiger partial charge in [0.2, 0.25) is 0 Å². The van der Waals surface area contributed by atoms with Gasteiger partial charge in [0.1, 0.15) is 0 Å². The molecule has 0 aromatic heterocycles. The van der Waals surface area contributed by atoms with Crippen molar-refractivity contribution in [3.63, 3.8) is 0 Å². The zero-order valence-corrected chi connectivity index (χ0v) is 13.0. The summed E-state index contributed by atoms with van der Waals surface area (Å²) in [5.41, 5.74) is 0. The largest absolute Gasteiger partial charge is 0.469 e. The van der Waals surface area contributed by atoms with Gasteiger partial charge in [-0.2, -0.15) is 0 Å². The molecule has 0 aliphatic heterocycles. The van der Waals surface area contributed by atoms with Gasteiger partial charge in [0.25, 0.3) is 0 Å². The molecule has 0 rings (SSSR count). The van der Waals surface area contributed by atoms with Gasteiger partial charge in [-0.3, -0.25) is 4.52 Å². The van der Waals surface area contributed by atoms with Gasteiger partial charge >= 0.3 is 7.82 Å². The van der Waals surface area contributed by atoms with Crippen molar-refractivity contribution in [3.8, 4) is 0 Å². The van der Waals surface area contributed by atoms with Gasteiger partial charge in [-0.05, 0) is 24.2 Å². The highest BCUT2D eigenvalue weighted by Crippen LogP contribution is 2.38. The maximum atomic E-state index is 10.7. The molecule has 0 bridgehead atoms. The smallest absolute Gasteiger partial charge is 0.303 e. The zero-order valence-electron chi connectivity index (χ0n) is 12.1. The van der Waals surface area contributed by atoms with E-state index in [1.54, 1.807) is 0 Å². The van der Waals surface area contributed by atoms with Crippen LogP contribution in [0.1, 0.15) is 59.8 Å². The Hall–Kier alpha value is 0.110. The summed E-state index contributed by atoms with van der Waals surface area (Å²) in [4.78, 5) is 17.5. The summed E-state index contributed by atoms with van der Waals surface area (Å²) in [7, 11) is -4.32. The third kappa shape index (κ3) is 6.89.